The lowest BCUT2D eigenvalue weighted by Gasteiger charge is -2.46. The maximum Gasteiger partial charge on any atom is 0.324 e. The quantitative estimate of drug-likeness (QED) is 0.0241. The SMILES string of the molecule is CN[C@H](CCO)[C@@H](C(=O)O)C(=O)O[C@](O)(CO)[C@@H]1O[C@H](Oc2ccc3c(=O)c(-c4ccc(O)cc4)coc3c2)[C@@H](On2cc3cc[nH]c3c2-c2cc(C)cc(CCCCO)c2)[C@H](O)[C@H]1O. The highest BCUT2D eigenvalue weighted by atomic mass is 16.8. The van der Waals surface area contributed by atoms with Crippen LogP contribution in [0, 0.1) is 12.8 Å². The van der Waals surface area contributed by atoms with Crippen LogP contribution >= 0.6 is 0 Å². The number of ether oxygens (including phenoxy) is 3. The number of carboxylic acids is 1. The number of aromatic hydroxyl groups is 1. The molecular formula is C46H51N3O16. The zero-order chi connectivity index (χ0) is 46.6. The Morgan fingerprint density at radius 3 is 2.43 bits per heavy atom. The second-order valence-electron chi connectivity index (χ2n) is 15.9. The molecule has 1 aliphatic rings. The molecule has 3 aromatic heterocycles. The number of phenols is 1. The molecule has 0 unspecified atom stereocenters. The van der Waals surface area contributed by atoms with Gasteiger partial charge in [-0.15, -0.1) is 0 Å². The first-order chi connectivity index (χ1) is 31.2. The van der Waals surface area contributed by atoms with Gasteiger partial charge in [-0.05, 0) is 93.2 Å². The van der Waals surface area contributed by atoms with Crippen LogP contribution in [0.3, 0.4) is 0 Å². The van der Waals surface area contributed by atoms with Gasteiger partial charge in [0.1, 0.15) is 47.9 Å². The Bertz CT molecular complexity index is 2680. The minimum absolute atomic E-state index is 0.00791. The van der Waals surface area contributed by atoms with E-state index >= 15 is 0 Å². The molecule has 0 radical (unpaired) electrons. The van der Waals surface area contributed by atoms with Gasteiger partial charge in [0.05, 0.1) is 22.7 Å². The molecule has 19 heteroatoms. The van der Waals surface area contributed by atoms with Gasteiger partial charge in [-0.25, -0.2) is 0 Å². The summed E-state index contributed by atoms with van der Waals surface area (Å²) in [4.78, 5) is 49.0. The van der Waals surface area contributed by atoms with Gasteiger partial charge >= 0.3 is 11.9 Å². The zero-order valence-corrected chi connectivity index (χ0v) is 35.4. The van der Waals surface area contributed by atoms with Crippen LogP contribution in [0.15, 0.2) is 94.6 Å². The smallest absolute Gasteiger partial charge is 0.324 e. The molecular weight excluding hydrogens is 851 g/mol. The van der Waals surface area contributed by atoms with Gasteiger partial charge in [0.2, 0.25) is 12.4 Å². The highest BCUT2D eigenvalue weighted by Gasteiger charge is 2.58. The number of carbonyl (C=O) groups is 2. The number of aliphatic hydroxyl groups is 6. The van der Waals surface area contributed by atoms with E-state index in [4.69, 9.17) is 23.5 Å². The summed E-state index contributed by atoms with van der Waals surface area (Å²) in [7, 11) is 1.34. The minimum Gasteiger partial charge on any atom is -0.508 e. The normalized spacial score (nSPS) is 20.6. The molecule has 7 rings (SSSR count). The van der Waals surface area contributed by atoms with Crippen LogP contribution in [0.4, 0.5) is 0 Å². The summed E-state index contributed by atoms with van der Waals surface area (Å²) in [6, 6.07) is 16.6. The monoisotopic (exact) mass is 901 g/mol. The van der Waals surface area contributed by atoms with Gasteiger partial charge in [-0.1, -0.05) is 23.8 Å². The second-order valence-corrected chi connectivity index (χ2v) is 15.9. The second kappa shape index (κ2) is 19.8. The van der Waals surface area contributed by atoms with Crippen molar-refractivity contribution >= 4 is 33.8 Å². The van der Waals surface area contributed by atoms with Crippen LogP contribution in [0.5, 0.6) is 11.5 Å². The van der Waals surface area contributed by atoms with Crippen molar-refractivity contribution in [3.05, 3.63) is 107 Å². The number of benzene rings is 3. The molecule has 0 saturated carbocycles. The van der Waals surface area contributed by atoms with E-state index in [9.17, 15) is 55.2 Å². The van der Waals surface area contributed by atoms with E-state index in [0.29, 0.717) is 40.6 Å². The van der Waals surface area contributed by atoms with E-state index in [0.717, 1.165) is 17.5 Å². The fourth-order valence-corrected chi connectivity index (χ4v) is 8.11. The van der Waals surface area contributed by atoms with Crippen LogP contribution in [0.1, 0.15) is 30.4 Å². The number of nitrogens with one attached hydrogen (secondary N) is 2. The summed E-state index contributed by atoms with van der Waals surface area (Å²) >= 11 is 0. The van der Waals surface area contributed by atoms with Crippen molar-refractivity contribution in [2.75, 3.05) is 26.9 Å². The van der Waals surface area contributed by atoms with Crippen molar-refractivity contribution in [1.29, 1.82) is 0 Å². The fraction of sp³-hybridized carbons (Fsp3) is 0.370. The molecule has 0 aliphatic carbocycles. The third-order valence-electron chi connectivity index (χ3n) is 11.4. The number of hydrogen-bond donors (Lipinski definition) is 10. The first-order valence-corrected chi connectivity index (χ1v) is 20.9. The number of aromatic nitrogens is 2. The van der Waals surface area contributed by atoms with Crippen LogP contribution in [0.25, 0.3) is 44.3 Å². The lowest BCUT2D eigenvalue weighted by Crippen LogP contribution is -2.69. The van der Waals surface area contributed by atoms with E-state index < -0.39 is 79.0 Å². The van der Waals surface area contributed by atoms with E-state index in [1.807, 2.05) is 25.1 Å². The van der Waals surface area contributed by atoms with Crippen LogP contribution in [0.2, 0.25) is 0 Å². The Balaban J connectivity index is 1.27. The highest BCUT2D eigenvalue weighted by molar-refractivity contribution is 5.95. The Morgan fingerprint density at radius 1 is 0.969 bits per heavy atom. The number of esters is 1. The van der Waals surface area contributed by atoms with Crippen LogP contribution in [-0.4, -0.2) is 132 Å². The molecule has 6 aromatic rings. The average Bonchev–Trinajstić information content (AvgIpc) is 3.87. The molecule has 1 fully saturated rings. The van der Waals surface area contributed by atoms with E-state index in [-0.39, 0.29) is 41.1 Å². The number of phenolic OH excluding ortho intramolecular Hbond substituents is 1. The van der Waals surface area contributed by atoms with Gasteiger partial charge in [-0.2, -0.15) is 4.73 Å². The number of fused-ring (bicyclic) bond motifs is 2. The summed E-state index contributed by atoms with van der Waals surface area (Å²) < 4.78 is 24.8. The third-order valence-corrected chi connectivity index (χ3v) is 11.4. The first-order valence-electron chi connectivity index (χ1n) is 20.9. The van der Waals surface area contributed by atoms with E-state index in [1.54, 1.807) is 30.6 Å². The summed E-state index contributed by atoms with van der Waals surface area (Å²) in [5, 5.41) is 87.9. The van der Waals surface area contributed by atoms with Gasteiger partial charge in [-0.3, -0.25) is 14.4 Å². The molecule has 3 aromatic carbocycles. The van der Waals surface area contributed by atoms with E-state index in [2.05, 4.69) is 10.3 Å². The fourth-order valence-electron chi connectivity index (χ4n) is 8.11. The summed E-state index contributed by atoms with van der Waals surface area (Å²) in [5.74, 6) is -8.52. The van der Waals surface area contributed by atoms with Crippen LogP contribution in [-0.2, 0) is 25.5 Å². The number of rotatable bonds is 19. The summed E-state index contributed by atoms with van der Waals surface area (Å²) in [6.45, 7) is -0.00171. The van der Waals surface area contributed by atoms with Crippen molar-refractivity contribution in [3.8, 4) is 33.9 Å². The van der Waals surface area contributed by atoms with Gasteiger partial charge in [0, 0.05) is 42.5 Å². The number of carboxylic acid groups (broad SMARTS) is 1. The van der Waals surface area contributed by atoms with Crippen molar-refractivity contribution < 1.29 is 73.9 Å². The van der Waals surface area contributed by atoms with E-state index in [1.165, 1.54) is 48.4 Å². The summed E-state index contributed by atoms with van der Waals surface area (Å²) in [5.41, 5.74) is 4.10. The number of aliphatic carboxylic acids is 1. The number of H-pyrrole nitrogens is 1. The molecule has 1 aliphatic heterocycles. The largest absolute Gasteiger partial charge is 0.508 e. The molecule has 8 atom stereocenters. The van der Waals surface area contributed by atoms with Crippen molar-refractivity contribution in [1.82, 2.24) is 15.0 Å². The van der Waals surface area contributed by atoms with Crippen LogP contribution < -0.4 is 20.3 Å². The number of nitrogens with zero attached hydrogens (tertiary/aromatic N) is 1. The number of aliphatic hydroxyl groups excluding tert-OH is 5. The topological polar surface area (TPSA) is 296 Å². The number of aryl methyl sites for hydroxylation is 2. The predicted molar refractivity (Wildman–Crippen MR) is 232 cm³/mol. The first kappa shape index (κ1) is 46.7. The highest BCUT2D eigenvalue weighted by Crippen LogP contribution is 2.36. The Kier molecular flexibility index (Phi) is 14.3. The predicted octanol–water partition coefficient (Wildman–Crippen LogP) is 1.96. The number of aromatic amines is 1. The lowest BCUT2D eigenvalue weighted by molar-refractivity contribution is -0.356. The maximum absolute atomic E-state index is 13.6. The van der Waals surface area contributed by atoms with Gasteiger partial charge in [0.25, 0.3) is 5.79 Å². The Morgan fingerprint density at radius 2 is 1.74 bits per heavy atom. The number of hydrogen-bond acceptors (Lipinski definition) is 16. The molecule has 0 spiro atoms. The Labute approximate surface area is 370 Å². The average molecular weight is 902 g/mol. The van der Waals surface area contributed by atoms with Gasteiger partial charge in [0.15, 0.2) is 17.5 Å². The lowest BCUT2D eigenvalue weighted by atomic mass is 9.92. The molecule has 0 amide bonds. The molecule has 346 valence electrons. The number of carbonyl (C=O) groups excluding carboxylic acids is 1. The molecule has 10 N–H and O–H groups in total. The van der Waals surface area contributed by atoms with Crippen molar-refractivity contribution in [3.63, 3.8) is 0 Å². The van der Waals surface area contributed by atoms with Crippen molar-refractivity contribution in [2.24, 2.45) is 5.92 Å². The molecule has 0 bridgehead atoms. The van der Waals surface area contributed by atoms with Crippen molar-refractivity contribution in [2.45, 2.75) is 75.1 Å². The number of unbranched alkanes of at least 4 members (excludes halogenated alkanes) is 1. The molecule has 4 heterocycles. The Hall–Kier alpha value is -6.29. The standard InChI is InChI=1S/C46H51N3O16/c1-24-17-25(5-3-4-15-50)19-28(18-24)37-36-27(12-14-48-36)21-49(37)65-41-39(55)40(56)42(46(60,23-52)64-44(59)35(43(57)58)33(47-2)13-16-51)63-45(41)62-30-10-11-31-34(20-30)61-22-32(38(31)54)26-6-8-29(53)9-7-26/h6-12,14,17-22,33,35,39-42,45,47-48,50-53,55-56,60H,3-5,13,15-16,23H2,1-2H3,(H,57,58)/t33-,35+,39-,40-,41+,42-,45+,46-/m1/s1. The minimum atomic E-state index is -3.21. The summed E-state index contributed by atoms with van der Waals surface area (Å²) in [6.07, 6.45) is -3.62. The third kappa shape index (κ3) is 9.73. The maximum atomic E-state index is 13.6. The molecule has 1 saturated heterocycles. The molecule has 19 nitrogen and oxygen atoms in total. The zero-order valence-electron chi connectivity index (χ0n) is 35.4. The molecule has 65 heavy (non-hydrogen) atoms. The van der Waals surface area contributed by atoms with Gasteiger partial charge < -0.3 is 74.6 Å².